The van der Waals surface area contributed by atoms with Gasteiger partial charge in [0, 0.05) is 16.3 Å². The highest BCUT2D eigenvalue weighted by molar-refractivity contribution is 7.99. The molecule has 0 aliphatic carbocycles. The maximum Gasteiger partial charge on any atom is 0.125 e. The standard InChI is InChI=1S/C9H12FNOS/c1-6(12)5-13-9-3-2-7(10)4-8(9)11/h2-4,6,12H,5,11H2,1H3. The molecule has 0 bridgehead atoms. The van der Waals surface area contributed by atoms with Gasteiger partial charge in [-0.15, -0.1) is 11.8 Å². The summed E-state index contributed by atoms with van der Waals surface area (Å²) in [6.45, 7) is 1.70. The lowest BCUT2D eigenvalue weighted by Gasteiger charge is -2.06. The van der Waals surface area contributed by atoms with Gasteiger partial charge in [0.05, 0.1) is 6.10 Å². The van der Waals surface area contributed by atoms with Crippen molar-refractivity contribution in [2.24, 2.45) is 0 Å². The molecule has 0 radical (unpaired) electrons. The molecule has 13 heavy (non-hydrogen) atoms. The summed E-state index contributed by atoms with van der Waals surface area (Å²) in [5.74, 6) is 0.231. The van der Waals surface area contributed by atoms with E-state index in [1.807, 2.05) is 0 Å². The van der Waals surface area contributed by atoms with Crippen molar-refractivity contribution in [3.05, 3.63) is 24.0 Å². The van der Waals surface area contributed by atoms with Crippen LogP contribution in [0.2, 0.25) is 0 Å². The number of thioether (sulfide) groups is 1. The first-order valence-corrected chi connectivity index (χ1v) is 4.94. The molecule has 2 nitrogen and oxygen atoms in total. The second-order valence-corrected chi connectivity index (χ2v) is 3.90. The van der Waals surface area contributed by atoms with Gasteiger partial charge < -0.3 is 10.8 Å². The van der Waals surface area contributed by atoms with Crippen molar-refractivity contribution >= 4 is 17.4 Å². The smallest absolute Gasteiger partial charge is 0.125 e. The van der Waals surface area contributed by atoms with Crippen LogP contribution < -0.4 is 5.73 Å². The number of hydrogen-bond donors (Lipinski definition) is 2. The third-order valence-electron chi connectivity index (χ3n) is 1.45. The van der Waals surface area contributed by atoms with Crippen LogP contribution in [0.15, 0.2) is 23.1 Å². The molecule has 0 saturated heterocycles. The molecule has 0 heterocycles. The quantitative estimate of drug-likeness (QED) is 0.580. The Hall–Kier alpha value is -0.740. The van der Waals surface area contributed by atoms with Crippen molar-refractivity contribution in [1.82, 2.24) is 0 Å². The zero-order valence-electron chi connectivity index (χ0n) is 7.33. The van der Waals surface area contributed by atoms with Gasteiger partial charge in [-0.25, -0.2) is 4.39 Å². The highest BCUT2D eigenvalue weighted by Gasteiger charge is 2.03. The molecule has 3 N–H and O–H groups in total. The minimum Gasteiger partial charge on any atom is -0.398 e. The van der Waals surface area contributed by atoms with E-state index in [9.17, 15) is 4.39 Å². The molecule has 1 aromatic rings. The van der Waals surface area contributed by atoms with E-state index < -0.39 is 0 Å². The van der Waals surface area contributed by atoms with Gasteiger partial charge in [-0.3, -0.25) is 0 Å². The van der Waals surface area contributed by atoms with Gasteiger partial charge >= 0.3 is 0 Å². The molecule has 0 saturated carbocycles. The van der Waals surface area contributed by atoms with Crippen LogP contribution in [0.4, 0.5) is 10.1 Å². The molecule has 0 aromatic heterocycles. The van der Waals surface area contributed by atoms with Gasteiger partial charge in [0.15, 0.2) is 0 Å². The van der Waals surface area contributed by atoms with Gasteiger partial charge in [-0.05, 0) is 25.1 Å². The third-order valence-corrected chi connectivity index (χ3v) is 2.78. The molecule has 1 atom stereocenters. The van der Waals surface area contributed by atoms with Crippen molar-refractivity contribution in [1.29, 1.82) is 0 Å². The van der Waals surface area contributed by atoms with Crippen LogP contribution in [-0.4, -0.2) is 17.0 Å². The fraction of sp³-hybridized carbons (Fsp3) is 0.333. The van der Waals surface area contributed by atoms with E-state index in [0.717, 1.165) is 4.90 Å². The summed E-state index contributed by atoms with van der Waals surface area (Å²) in [5, 5.41) is 9.02. The lowest BCUT2D eigenvalue weighted by molar-refractivity contribution is 0.220. The maximum absolute atomic E-state index is 12.6. The molecule has 0 aliphatic rings. The lowest BCUT2D eigenvalue weighted by atomic mass is 10.3. The van der Waals surface area contributed by atoms with Gasteiger partial charge in [0.2, 0.25) is 0 Å². The minimum absolute atomic E-state index is 0.334. The summed E-state index contributed by atoms with van der Waals surface area (Å²) in [5.41, 5.74) is 5.99. The minimum atomic E-state index is -0.380. The summed E-state index contributed by atoms with van der Waals surface area (Å²) in [4.78, 5) is 0.808. The molecule has 4 heteroatoms. The third kappa shape index (κ3) is 3.24. The van der Waals surface area contributed by atoms with Crippen LogP contribution in [0, 0.1) is 5.82 Å². The Morgan fingerprint density at radius 2 is 2.31 bits per heavy atom. The lowest BCUT2D eigenvalue weighted by Crippen LogP contribution is -2.03. The van der Waals surface area contributed by atoms with Crippen LogP contribution in [0.5, 0.6) is 0 Å². The molecule has 0 amide bonds. The Kier molecular flexibility index (Phi) is 3.57. The fourth-order valence-corrected chi connectivity index (χ4v) is 1.67. The first kappa shape index (κ1) is 10.3. The number of halogens is 1. The normalized spacial score (nSPS) is 12.8. The van der Waals surface area contributed by atoms with Gasteiger partial charge in [-0.2, -0.15) is 0 Å². The number of hydrogen-bond acceptors (Lipinski definition) is 3. The van der Waals surface area contributed by atoms with Crippen LogP contribution in [0.3, 0.4) is 0 Å². The molecule has 0 fully saturated rings. The maximum atomic E-state index is 12.6. The number of aliphatic hydroxyl groups excluding tert-OH is 1. The average Bonchev–Trinajstić information content (AvgIpc) is 2.02. The van der Waals surface area contributed by atoms with E-state index in [0.29, 0.717) is 11.4 Å². The molecule has 0 spiro atoms. The van der Waals surface area contributed by atoms with Crippen molar-refractivity contribution in [3.63, 3.8) is 0 Å². The molecular weight excluding hydrogens is 189 g/mol. The molecular formula is C9H12FNOS. The zero-order valence-corrected chi connectivity index (χ0v) is 8.14. The summed E-state index contributed by atoms with van der Waals surface area (Å²) >= 11 is 1.42. The first-order valence-electron chi connectivity index (χ1n) is 3.95. The van der Waals surface area contributed by atoms with Gasteiger partial charge in [0.1, 0.15) is 5.82 Å². The number of rotatable bonds is 3. The number of benzene rings is 1. The Morgan fingerprint density at radius 1 is 1.62 bits per heavy atom. The van der Waals surface area contributed by atoms with E-state index in [1.165, 1.54) is 23.9 Å². The van der Waals surface area contributed by atoms with Crippen LogP contribution in [-0.2, 0) is 0 Å². The molecule has 1 unspecified atom stereocenters. The summed E-state index contributed by atoms with van der Waals surface area (Å²) in [7, 11) is 0. The first-order chi connectivity index (χ1) is 6.09. The monoisotopic (exact) mass is 201 g/mol. The number of nitrogen functional groups attached to an aromatic ring is 1. The van der Waals surface area contributed by atoms with Crippen molar-refractivity contribution in [3.8, 4) is 0 Å². The SMILES string of the molecule is CC(O)CSc1ccc(F)cc1N. The largest absolute Gasteiger partial charge is 0.398 e. The second-order valence-electron chi connectivity index (χ2n) is 2.84. The highest BCUT2D eigenvalue weighted by atomic mass is 32.2. The van der Waals surface area contributed by atoms with Gasteiger partial charge in [-0.1, -0.05) is 0 Å². The molecule has 1 rings (SSSR count). The van der Waals surface area contributed by atoms with E-state index >= 15 is 0 Å². The van der Waals surface area contributed by atoms with Crippen molar-refractivity contribution < 1.29 is 9.50 Å². The van der Waals surface area contributed by atoms with Crippen LogP contribution in [0.1, 0.15) is 6.92 Å². The van der Waals surface area contributed by atoms with E-state index in [2.05, 4.69) is 0 Å². The average molecular weight is 201 g/mol. The second kappa shape index (κ2) is 4.48. The van der Waals surface area contributed by atoms with Gasteiger partial charge in [0.25, 0.3) is 0 Å². The predicted octanol–water partition coefficient (Wildman–Crippen LogP) is 1.88. The van der Waals surface area contributed by atoms with E-state index in [-0.39, 0.29) is 11.9 Å². The fourth-order valence-electron chi connectivity index (χ4n) is 0.861. The predicted molar refractivity (Wildman–Crippen MR) is 53.2 cm³/mol. The Labute approximate surface area is 80.9 Å². The Balaban J connectivity index is 2.67. The number of nitrogens with two attached hydrogens (primary N) is 1. The topological polar surface area (TPSA) is 46.2 Å². The Morgan fingerprint density at radius 3 is 2.85 bits per heavy atom. The molecule has 0 aliphatic heterocycles. The van der Waals surface area contributed by atoms with Crippen LogP contribution >= 0.6 is 11.8 Å². The van der Waals surface area contributed by atoms with Crippen LogP contribution in [0.25, 0.3) is 0 Å². The summed E-state index contributed by atoms with van der Waals surface area (Å²) in [6.07, 6.45) is -0.380. The highest BCUT2D eigenvalue weighted by Crippen LogP contribution is 2.25. The van der Waals surface area contributed by atoms with E-state index in [4.69, 9.17) is 10.8 Å². The summed E-state index contributed by atoms with van der Waals surface area (Å²) in [6, 6.07) is 4.27. The number of aliphatic hydroxyl groups is 1. The Bertz CT molecular complexity index is 291. The summed E-state index contributed by atoms with van der Waals surface area (Å²) < 4.78 is 12.6. The van der Waals surface area contributed by atoms with Crippen molar-refractivity contribution in [2.45, 2.75) is 17.9 Å². The van der Waals surface area contributed by atoms with E-state index in [1.54, 1.807) is 13.0 Å². The molecule has 1 aromatic carbocycles. The zero-order chi connectivity index (χ0) is 9.84. The molecule has 72 valence electrons. The van der Waals surface area contributed by atoms with Crippen molar-refractivity contribution in [2.75, 3.05) is 11.5 Å². The number of anilines is 1.